The van der Waals surface area contributed by atoms with E-state index in [4.69, 9.17) is 9.72 Å². The van der Waals surface area contributed by atoms with Crippen molar-refractivity contribution >= 4 is 34.1 Å². The van der Waals surface area contributed by atoms with Crippen LogP contribution < -0.4 is 15.5 Å². The number of fused-ring (bicyclic) bond motifs is 1. The van der Waals surface area contributed by atoms with Gasteiger partial charge < -0.3 is 30.1 Å². The molecule has 1 aromatic heterocycles. The van der Waals surface area contributed by atoms with Gasteiger partial charge in [0.15, 0.2) is 10.9 Å². The fourth-order valence-corrected chi connectivity index (χ4v) is 6.53. The van der Waals surface area contributed by atoms with E-state index in [1.165, 1.54) is 0 Å². The third-order valence-corrected chi connectivity index (χ3v) is 9.66. The SMILES string of the molecule is CCC(C)(C)[C@H](NC(=O)c1ccc(-c2csc(N3CCN(C)CC3)n2)cc1)C(=O)N1C[C@H](NC)[C@@H]2OCC(=O)[C@H]21. The molecule has 0 aliphatic carbocycles. The maximum absolute atomic E-state index is 13.9. The van der Waals surface area contributed by atoms with Gasteiger partial charge in [-0.15, -0.1) is 11.3 Å². The number of likely N-dealkylation sites (N-methyl/N-ethyl adjacent to an activating group) is 2. The second-order valence-corrected chi connectivity index (χ2v) is 12.5. The Kier molecular flexibility index (Phi) is 8.28. The third kappa shape index (κ3) is 5.52. The Bertz CT molecular complexity index is 1240. The van der Waals surface area contributed by atoms with Crippen molar-refractivity contribution in [2.75, 3.05) is 58.3 Å². The van der Waals surface area contributed by atoms with Crippen molar-refractivity contribution in [1.82, 2.24) is 25.4 Å². The first-order chi connectivity index (χ1) is 19.1. The molecule has 40 heavy (non-hydrogen) atoms. The molecule has 0 bridgehead atoms. The molecule has 2 amide bonds. The standard InChI is InChI=1S/C29H40N6O4S/c1-6-29(2,3)25(27(38)35-15-20(30-4)24-23(35)22(36)16-39-24)32-26(37)19-9-7-18(8-10-19)21-17-40-28(31-21)34-13-11-33(5)12-14-34/h7-10,17,20,23-25,30H,6,11-16H2,1-5H3,(H,32,37)/t20-,23+,24-,25+/m0/s1. The molecule has 10 nitrogen and oxygen atoms in total. The van der Waals surface area contributed by atoms with E-state index in [0.29, 0.717) is 18.5 Å². The number of aromatic nitrogens is 1. The summed E-state index contributed by atoms with van der Waals surface area (Å²) in [5.74, 6) is -0.663. The summed E-state index contributed by atoms with van der Waals surface area (Å²) >= 11 is 1.64. The molecule has 1 aromatic carbocycles. The number of rotatable bonds is 8. The minimum atomic E-state index is -0.793. The molecule has 0 saturated carbocycles. The van der Waals surface area contributed by atoms with E-state index in [9.17, 15) is 14.4 Å². The van der Waals surface area contributed by atoms with Gasteiger partial charge in [-0.05, 0) is 38.1 Å². The van der Waals surface area contributed by atoms with Gasteiger partial charge in [-0.1, -0.05) is 32.9 Å². The summed E-state index contributed by atoms with van der Waals surface area (Å²) in [5.41, 5.74) is 1.77. The number of carbonyl (C=O) groups excluding carboxylic acids is 3. The third-order valence-electron chi connectivity index (χ3n) is 8.76. The lowest BCUT2D eigenvalue weighted by Crippen LogP contribution is -2.57. The minimum Gasteiger partial charge on any atom is -0.366 e. The van der Waals surface area contributed by atoms with Crippen LogP contribution in [0, 0.1) is 5.41 Å². The fourth-order valence-electron chi connectivity index (χ4n) is 5.65. The van der Waals surface area contributed by atoms with Crippen LogP contribution in [0.3, 0.4) is 0 Å². The zero-order valence-corrected chi connectivity index (χ0v) is 24.8. The van der Waals surface area contributed by atoms with Crippen molar-refractivity contribution in [3.63, 3.8) is 0 Å². The number of Topliss-reactive ketones (excluding diaryl/α,β-unsaturated/α-hetero) is 1. The van der Waals surface area contributed by atoms with Crippen LogP contribution in [-0.2, 0) is 14.3 Å². The summed E-state index contributed by atoms with van der Waals surface area (Å²) in [4.78, 5) is 51.0. The van der Waals surface area contributed by atoms with Gasteiger partial charge in [0.2, 0.25) is 5.91 Å². The number of hydrogen-bond donors (Lipinski definition) is 2. The second-order valence-electron chi connectivity index (χ2n) is 11.7. The Morgan fingerprint density at radius 2 is 1.88 bits per heavy atom. The average Bonchev–Trinajstić information content (AvgIpc) is 3.69. The number of nitrogens with zero attached hydrogens (tertiary/aromatic N) is 4. The molecule has 3 saturated heterocycles. The number of amides is 2. The predicted octanol–water partition coefficient (Wildman–Crippen LogP) is 1.86. The molecule has 4 atom stereocenters. The maximum atomic E-state index is 13.9. The van der Waals surface area contributed by atoms with E-state index in [-0.39, 0.29) is 36.4 Å². The van der Waals surface area contributed by atoms with Crippen LogP contribution in [0.15, 0.2) is 29.6 Å². The highest BCUT2D eigenvalue weighted by Crippen LogP contribution is 2.33. The molecule has 3 aliphatic heterocycles. The lowest BCUT2D eigenvalue weighted by atomic mass is 9.80. The van der Waals surface area contributed by atoms with Crippen molar-refractivity contribution in [3.8, 4) is 11.3 Å². The molecular formula is C29H40N6O4S. The normalized spacial score (nSPS) is 24.3. The highest BCUT2D eigenvalue weighted by Gasteiger charge is 2.54. The molecule has 11 heteroatoms. The van der Waals surface area contributed by atoms with Crippen LogP contribution in [0.4, 0.5) is 5.13 Å². The second kappa shape index (κ2) is 11.6. The van der Waals surface area contributed by atoms with Crippen LogP contribution in [0.2, 0.25) is 0 Å². The number of carbonyl (C=O) groups is 3. The molecule has 3 aliphatic rings. The van der Waals surface area contributed by atoms with E-state index >= 15 is 0 Å². The van der Waals surface area contributed by atoms with Crippen LogP contribution >= 0.6 is 11.3 Å². The van der Waals surface area contributed by atoms with Crippen molar-refractivity contribution < 1.29 is 19.1 Å². The fraction of sp³-hybridized carbons (Fsp3) is 0.586. The molecule has 216 valence electrons. The Morgan fingerprint density at radius 3 is 2.52 bits per heavy atom. The molecule has 0 radical (unpaired) electrons. The molecule has 5 rings (SSSR count). The molecule has 0 spiro atoms. The number of hydrogen-bond acceptors (Lipinski definition) is 9. The summed E-state index contributed by atoms with van der Waals surface area (Å²) in [5, 5.41) is 9.25. The average molecular weight is 569 g/mol. The van der Waals surface area contributed by atoms with Crippen LogP contribution in [0.5, 0.6) is 0 Å². The molecular weight excluding hydrogens is 528 g/mol. The van der Waals surface area contributed by atoms with E-state index < -0.39 is 17.5 Å². The summed E-state index contributed by atoms with van der Waals surface area (Å²) in [6.07, 6.45) is 0.307. The Balaban J connectivity index is 1.30. The number of ketones is 1. The van der Waals surface area contributed by atoms with E-state index in [1.54, 1.807) is 35.4 Å². The van der Waals surface area contributed by atoms with E-state index in [0.717, 1.165) is 42.6 Å². The Hall–Kier alpha value is -2.86. The lowest BCUT2D eigenvalue weighted by Gasteiger charge is -2.36. The monoisotopic (exact) mass is 568 g/mol. The van der Waals surface area contributed by atoms with Crippen molar-refractivity contribution in [1.29, 1.82) is 0 Å². The van der Waals surface area contributed by atoms with Gasteiger partial charge in [-0.3, -0.25) is 14.4 Å². The highest BCUT2D eigenvalue weighted by atomic mass is 32.1. The highest BCUT2D eigenvalue weighted by molar-refractivity contribution is 7.14. The zero-order chi connectivity index (χ0) is 28.6. The van der Waals surface area contributed by atoms with E-state index in [1.807, 2.05) is 32.9 Å². The number of nitrogens with one attached hydrogen (secondary N) is 2. The zero-order valence-electron chi connectivity index (χ0n) is 24.0. The topological polar surface area (TPSA) is 107 Å². The Morgan fingerprint density at radius 1 is 1.18 bits per heavy atom. The quantitative estimate of drug-likeness (QED) is 0.497. The molecule has 3 fully saturated rings. The lowest BCUT2D eigenvalue weighted by molar-refractivity contribution is -0.140. The van der Waals surface area contributed by atoms with Crippen LogP contribution in [-0.4, -0.2) is 110 Å². The van der Waals surface area contributed by atoms with E-state index in [2.05, 4.69) is 32.9 Å². The van der Waals surface area contributed by atoms with Crippen molar-refractivity contribution in [2.45, 2.75) is 51.4 Å². The number of benzene rings is 1. The summed E-state index contributed by atoms with van der Waals surface area (Å²) in [7, 11) is 3.94. The molecule has 2 aromatic rings. The number of ether oxygens (including phenoxy) is 1. The molecule has 0 unspecified atom stereocenters. The Labute approximate surface area is 240 Å². The van der Waals surface area contributed by atoms with Gasteiger partial charge in [0.1, 0.15) is 24.8 Å². The molecule has 4 heterocycles. The van der Waals surface area contributed by atoms with Crippen LogP contribution in [0.1, 0.15) is 37.6 Å². The largest absolute Gasteiger partial charge is 0.366 e. The summed E-state index contributed by atoms with van der Waals surface area (Å²) < 4.78 is 5.70. The summed E-state index contributed by atoms with van der Waals surface area (Å²) in [6.45, 7) is 10.3. The summed E-state index contributed by atoms with van der Waals surface area (Å²) in [6, 6.07) is 5.81. The number of anilines is 1. The van der Waals surface area contributed by atoms with Crippen molar-refractivity contribution in [3.05, 3.63) is 35.2 Å². The first-order valence-corrected chi connectivity index (χ1v) is 14.9. The predicted molar refractivity (Wildman–Crippen MR) is 156 cm³/mol. The minimum absolute atomic E-state index is 0.00763. The first-order valence-electron chi connectivity index (χ1n) is 14.1. The van der Waals surface area contributed by atoms with Crippen LogP contribution in [0.25, 0.3) is 11.3 Å². The van der Waals surface area contributed by atoms with Gasteiger partial charge in [0.25, 0.3) is 5.91 Å². The van der Waals surface area contributed by atoms with Gasteiger partial charge >= 0.3 is 0 Å². The van der Waals surface area contributed by atoms with Gasteiger partial charge in [0, 0.05) is 49.2 Å². The van der Waals surface area contributed by atoms with Gasteiger partial charge in [0.05, 0.1) is 11.7 Å². The number of likely N-dealkylation sites (tertiary alicyclic amines) is 1. The number of piperazine rings is 1. The molecule has 2 N–H and O–H groups in total. The number of thiazole rings is 1. The maximum Gasteiger partial charge on any atom is 0.251 e. The van der Waals surface area contributed by atoms with Gasteiger partial charge in [-0.25, -0.2) is 4.98 Å². The van der Waals surface area contributed by atoms with Crippen molar-refractivity contribution in [2.24, 2.45) is 5.41 Å². The van der Waals surface area contributed by atoms with Gasteiger partial charge in [-0.2, -0.15) is 0 Å². The smallest absolute Gasteiger partial charge is 0.251 e. The first kappa shape index (κ1) is 28.7.